The van der Waals surface area contributed by atoms with Gasteiger partial charge < -0.3 is 9.84 Å². The lowest BCUT2D eigenvalue weighted by molar-refractivity contribution is -0.138. The van der Waals surface area contributed by atoms with Gasteiger partial charge in [0.05, 0.1) is 6.61 Å². The molecular weight excluding hydrogens is 312 g/mol. The van der Waals surface area contributed by atoms with Crippen LogP contribution in [0.2, 0.25) is 0 Å². The van der Waals surface area contributed by atoms with Crippen molar-refractivity contribution in [3.05, 3.63) is 71.3 Å². The quantitative estimate of drug-likeness (QED) is 0.578. The summed E-state index contributed by atoms with van der Waals surface area (Å²) in [6, 6.07) is 14.8. The molecule has 0 aliphatic rings. The number of aryl methyl sites for hydroxylation is 2. The van der Waals surface area contributed by atoms with Gasteiger partial charge in [0.2, 0.25) is 0 Å². The van der Waals surface area contributed by atoms with Gasteiger partial charge in [-0.05, 0) is 48.9 Å². The maximum Gasteiger partial charge on any atom is 0.333 e. The number of benzene rings is 2. The van der Waals surface area contributed by atoms with Crippen molar-refractivity contribution in [3.63, 3.8) is 0 Å². The summed E-state index contributed by atoms with van der Waals surface area (Å²) in [5, 5.41) is 9.11. The molecule has 0 unspecified atom stereocenters. The summed E-state index contributed by atoms with van der Waals surface area (Å²) < 4.78 is 5.24. The molecule has 0 spiro atoms. The number of carbonyl (C=O) groups excluding carboxylic acids is 1. The first-order chi connectivity index (χ1) is 12.0. The summed E-state index contributed by atoms with van der Waals surface area (Å²) in [6.07, 6.45) is 2.19. The monoisotopic (exact) mass is 338 g/mol. The Morgan fingerprint density at radius 1 is 1.04 bits per heavy atom. The maximum absolute atomic E-state index is 11.6. The molecule has 0 heterocycles. The Bertz CT molecular complexity index is 729. The van der Waals surface area contributed by atoms with Gasteiger partial charge in [-0.3, -0.25) is 0 Å². The summed E-state index contributed by atoms with van der Waals surface area (Å²) in [6.45, 7) is 7.81. The molecule has 2 aromatic carbocycles. The summed E-state index contributed by atoms with van der Waals surface area (Å²) in [4.78, 5) is 11.6. The van der Waals surface area contributed by atoms with E-state index in [2.05, 4.69) is 56.0 Å². The number of rotatable bonds is 8. The van der Waals surface area contributed by atoms with Crippen LogP contribution in [0.4, 0.5) is 0 Å². The lowest BCUT2D eigenvalue weighted by atomic mass is 9.95. The first kappa shape index (κ1) is 18.9. The normalized spacial score (nSPS) is 10.5. The minimum absolute atomic E-state index is 0.170. The zero-order valence-corrected chi connectivity index (χ0v) is 15.0. The zero-order valence-electron chi connectivity index (χ0n) is 15.0. The molecule has 0 aliphatic carbocycles. The second-order valence-electron chi connectivity index (χ2n) is 6.34. The molecule has 1 N–H and O–H groups in total. The number of aliphatic hydroxyl groups excluding tert-OH is 1. The van der Waals surface area contributed by atoms with E-state index in [1.807, 2.05) is 0 Å². The average molecular weight is 338 g/mol. The maximum atomic E-state index is 11.6. The molecule has 0 radical (unpaired) electrons. The van der Waals surface area contributed by atoms with Crippen molar-refractivity contribution < 1.29 is 14.6 Å². The largest absolute Gasteiger partial charge is 0.462 e. The molecule has 0 saturated heterocycles. The highest BCUT2D eigenvalue weighted by Gasteiger charge is 2.08. The predicted molar refractivity (Wildman–Crippen MR) is 101 cm³/mol. The van der Waals surface area contributed by atoms with Crippen LogP contribution in [0, 0.1) is 6.92 Å². The summed E-state index contributed by atoms with van der Waals surface area (Å²) in [7, 11) is 0. The van der Waals surface area contributed by atoms with Crippen molar-refractivity contribution in [2.24, 2.45) is 0 Å². The van der Waals surface area contributed by atoms with E-state index >= 15 is 0 Å². The Kier molecular flexibility index (Phi) is 6.96. The summed E-state index contributed by atoms with van der Waals surface area (Å²) in [5.74, 6) is -0.355. The Morgan fingerprint density at radius 2 is 1.72 bits per heavy atom. The van der Waals surface area contributed by atoms with Gasteiger partial charge in [0.25, 0.3) is 0 Å². The number of carbonyl (C=O) groups is 1. The second-order valence-corrected chi connectivity index (χ2v) is 6.34. The molecule has 0 aromatic heterocycles. The average Bonchev–Trinajstić information content (AvgIpc) is 2.61. The van der Waals surface area contributed by atoms with Crippen LogP contribution in [0.1, 0.15) is 30.0 Å². The molecule has 0 amide bonds. The number of aliphatic hydroxyl groups is 1. The Balaban J connectivity index is 2.19. The highest BCUT2D eigenvalue weighted by Crippen LogP contribution is 2.24. The minimum Gasteiger partial charge on any atom is -0.462 e. The first-order valence-electron chi connectivity index (χ1n) is 8.63. The van der Waals surface area contributed by atoms with Crippen LogP contribution in [0.25, 0.3) is 11.1 Å². The minimum atomic E-state index is -0.355. The lowest BCUT2D eigenvalue weighted by Gasteiger charge is -2.13. The molecule has 132 valence electrons. The highest BCUT2D eigenvalue weighted by molar-refractivity contribution is 5.86. The van der Waals surface area contributed by atoms with Gasteiger partial charge in [-0.25, -0.2) is 4.79 Å². The van der Waals surface area contributed by atoms with Crippen LogP contribution in [0.15, 0.2) is 54.6 Å². The molecule has 3 heteroatoms. The van der Waals surface area contributed by atoms with E-state index in [0.29, 0.717) is 18.6 Å². The smallest absolute Gasteiger partial charge is 0.333 e. The number of hydrogen-bond acceptors (Lipinski definition) is 3. The van der Waals surface area contributed by atoms with E-state index in [0.717, 1.165) is 24.0 Å². The number of hydrogen-bond donors (Lipinski definition) is 1. The topological polar surface area (TPSA) is 46.5 Å². The summed E-state index contributed by atoms with van der Waals surface area (Å²) in [5.41, 5.74) is 6.30. The lowest BCUT2D eigenvalue weighted by Crippen LogP contribution is -2.09. The third-order valence-electron chi connectivity index (χ3n) is 4.15. The molecule has 0 saturated carbocycles. The van der Waals surface area contributed by atoms with Crippen molar-refractivity contribution in [2.45, 2.75) is 33.1 Å². The fraction of sp³-hybridized carbons (Fsp3) is 0.318. The van der Waals surface area contributed by atoms with Crippen LogP contribution in [0.3, 0.4) is 0 Å². The first-order valence-corrected chi connectivity index (χ1v) is 8.63. The fourth-order valence-corrected chi connectivity index (χ4v) is 2.67. The molecule has 3 nitrogen and oxygen atoms in total. The molecule has 2 rings (SSSR count). The van der Waals surface area contributed by atoms with Crippen LogP contribution >= 0.6 is 0 Å². The predicted octanol–water partition coefficient (Wildman–Crippen LogP) is 4.25. The van der Waals surface area contributed by atoms with E-state index in [1.165, 1.54) is 16.7 Å². The molecule has 0 bridgehead atoms. The Morgan fingerprint density at radius 3 is 2.36 bits per heavy atom. The third-order valence-corrected chi connectivity index (χ3v) is 4.15. The standard InChI is InChI=1S/C22H26O3/c1-16(2)22(24)25-14-12-21-15-20(11-10-18(21)5-4-13-23)19-8-6-17(3)7-9-19/h6-11,15,23H,1,4-5,12-14H2,2-3H3. The molecule has 0 atom stereocenters. The zero-order chi connectivity index (χ0) is 18.2. The fourth-order valence-electron chi connectivity index (χ4n) is 2.67. The van der Waals surface area contributed by atoms with Gasteiger partial charge in [0, 0.05) is 18.6 Å². The van der Waals surface area contributed by atoms with Crippen molar-refractivity contribution >= 4 is 5.97 Å². The van der Waals surface area contributed by atoms with Crippen molar-refractivity contribution in [1.29, 1.82) is 0 Å². The highest BCUT2D eigenvalue weighted by atomic mass is 16.5. The van der Waals surface area contributed by atoms with Gasteiger partial charge in [-0.15, -0.1) is 0 Å². The Labute approximate surface area is 150 Å². The van der Waals surface area contributed by atoms with Gasteiger partial charge >= 0.3 is 5.97 Å². The number of ether oxygens (including phenoxy) is 1. The molecule has 0 fully saturated rings. The van der Waals surface area contributed by atoms with Crippen molar-refractivity contribution in [3.8, 4) is 11.1 Å². The van der Waals surface area contributed by atoms with Crippen molar-refractivity contribution in [1.82, 2.24) is 0 Å². The molecule has 2 aromatic rings. The van der Waals surface area contributed by atoms with E-state index < -0.39 is 0 Å². The van der Waals surface area contributed by atoms with E-state index in [1.54, 1.807) is 6.92 Å². The van der Waals surface area contributed by atoms with Gasteiger partial charge in [-0.2, -0.15) is 0 Å². The van der Waals surface area contributed by atoms with E-state index in [4.69, 9.17) is 9.84 Å². The summed E-state index contributed by atoms with van der Waals surface area (Å²) >= 11 is 0. The Hall–Kier alpha value is -2.39. The van der Waals surface area contributed by atoms with Crippen LogP contribution in [0.5, 0.6) is 0 Å². The van der Waals surface area contributed by atoms with Crippen LogP contribution in [-0.2, 0) is 22.4 Å². The third kappa shape index (κ3) is 5.57. The molecule has 0 aliphatic heterocycles. The van der Waals surface area contributed by atoms with Gasteiger partial charge in [-0.1, -0.05) is 54.6 Å². The molecule has 25 heavy (non-hydrogen) atoms. The van der Waals surface area contributed by atoms with Crippen LogP contribution < -0.4 is 0 Å². The number of esters is 1. The van der Waals surface area contributed by atoms with Gasteiger partial charge in [0.15, 0.2) is 0 Å². The van der Waals surface area contributed by atoms with Gasteiger partial charge in [0.1, 0.15) is 0 Å². The SMILES string of the molecule is C=C(C)C(=O)OCCc1cc(-c2ccc(C)cc2)ccc1CCCO. The second kappa shape index (κ2) is 9.19. The molecular formula is C22H26O3. The van der Waals surface area contributed by atoms with Crippen molar-refractivity contribution in [2.75, 3.05) is 13.2 Å². The van der Waals surface area contributed by atoms with E-state index in [-0.39, 0.29) is 12.6 Å². The van der Waals surface area contributed by atoms with E-state index in [9.17, 15) is 4.79 Å². The van der Waals surface area contributed by atoms with Crippen LogP contribution in [-0.4, -0.2) is 24.3 Å².